The Morgan fingerprint density at radius 2 is 1.68 bits per heavy atom. The van der Waals surface area contributed by atoms with Gasteiger partial charge in [0.2, 0.25) is 0 Å². The topological polar surface area (TPSA) is 77.0 Å². The van der Waals surface area contributed by atoms with Crippen LogP contribution in [0.5, 0.6) is 0 Å². The van der Waals surface area contributed by atoms with Gasteiger partial charge in [-0.2, -0.15) is 0 Å². The fourth-order valence-corrected chi connectivity index (χ4v) is 5.94. The number of aromatic nitrogens is 1. The summed E-state index contributed by atoms with van der Waals surface area (Å²) in [4.78, 5) is 35.6. The van der Waals surface area contributed by atoms with E-state index in [9.17, 15) is 9.59 Å². The molecule has 2 saturated heterocycles. The first-order valence-corrected chi connectivity index (χ1v) is 12.6. The van der Waals surface area contributed by atoms with Gasteiger partial charge in [0.05, 0.1) is 6.04 Å². The van der Waals surface area contributed by atoms with Crippen molar-refractivity contribution in [2.45, 2.75) is 69.6 Å². The molecule has 2 aromatic rings. The summed E-state index contributed by atoms with van der Waals surface area (Å²) in [6.45, 7) is 3.39. The summed E-state index contributed by atoms with van der Waals surface area (Å²) in [6, 6.07) is 14.9. The number of pyridine rings is 1. The number of rotatable bonds is 6. The van der Waals surface area contributed by atoms with Crippen molar-refractivity contribution in [2.75, 3.05) is 19.6 Å². The molecule has 3 aliphatic rings. The molecule has 1 aromatic heterocycles. The van der Waals surface area contributed by atoms with E-state index in [-0.39, 0.29) is 23.8 Å². The summed E-state index contributed by atoms with van der Waals surface area (Å²) in [5.41, 5.74) is 2.33. The van der Waals surface area contributed by atoms with Crippen molar-refractivity contribution in [3.8, 4) is 0 Å². The quantitative estimate of drug-likeness (QED) is 0.681. The number of carbonyl (C=O) groups excluding carboxylic acids is 1. The van der Waals surface area contributed by atoms with Gasteiger partial charge in [-0.1, -0.05) is 55.7 Å². The molecule has 0 radical (unpaired) electrons. The minimum absolute atomic E-state index is 0.0736. The van der Waals surface area contributed by atoms with Gasteiger partial charge in [-0.3, -0.25) is 4.90 Å². The Kier molecular flexibility index (Phi) is 6.81. The predicted octanol–water partition coefficient (Wildman–Crippen LogP) is 4.56. The van der Waals surface area contributed by atoms with Crippen LogP contribution in [-0.4, -0.2) is 68.5 Å². The normalized spacial score (nSPS) is 22.9. The summed E-state index contributed by atoms with van der Waals surface area (Å²) in [5, 5.41) is 9.05. The molecule has 2 amide bonds. The van der Waals surface area contributed by atoms with Gasteiger partial charge >= 0.3 is 12.0 Å². The van der Waals surface area contributed by atoms with Gasteiger partial charge in [-0.15, -0.1) is 0 Å². The molecule has 1 saturated carbocycles. The molecule has 180 valence electrons. The molecule has 34 heavy (non-hydrogen) atoms. The molecule has 5 rings (SSSR count). The van der Waals surface area contributed by atoms with Crippen molar-refractivity contribution in [3.63, 3.8) is 0 Å². The molecule has 1 aliphatic carbocycles. The molecule has 0 spiro atoms. The number of likely N-dealkylation sites (tertiary alicyclic amines) is 1. The molecule has 0 unspecified atom stereocenters. The zero-order chi connectivity index (χ0) is 23.5. The predicted molar refractivity (Wildman–Crippen MR) is 129 cm³/mol. The van der Waals surface area contributed by atoms with Gasteiger partial charge < -0.3 is 14.9 Å². The van der Waals surface area contributed by atoms with Gasteiger partial charge in [0.15, 0.2) is 0 Å². The Balaban J connectivity index is 1.26. The maximum Gasteiger partial charge on any atom is 0.354 e. The summed E-state index contributed by atoms with van der Waals surface area (Å²) in [5.74, 6) is -1.00. The third kappa shape index (κ3) is 4.80. The van der Waals surface area contributed by atoms with E-state index < -0.39 is 5.97 Å². The van der Waals surface area contributed by atoms with Crippen LogP contribution in [0.25, 0.3) is 0 Å². The zero-order valence-electron chi connectivity index (χ0n) is 19.7. The van der Waals surface area contributed by atoms with Gasteiger partial charge in [0.1, 0.15) is 5.69 Å². The van der Waals surface area contributed by atoms with Crippen LogP contribution >= 0.6 is 0 Å². The Hall–Kier alpha value is -2.93. The number of hydrogen-bond acceptors (Lipinski definition) is 4. The van der Waals surface area contributed by atoms with Crippen LogP contribution in [0.15, 0.2) is 48.7 Å². The number of amides is 2. The van der Waals surface area contributed by atoms with Gasteiger partial charge in [0.25, 0.3) is 0 Å². The van der Waals surface area contributed by atoms with Crippen molar-refractivity contribution in [1.82, 2.24) is 19.7 Å². The van der Waals surface area contributed by atoms with Crippen LogP contribution < -0.4 is 0 Å². The van der Waals surface area contributed by atoms with Crippen molar-refractivity contribution in [3.05, 3.63) is 65.5 Å². The van der Waals surface area contributed by atoms with Crippen LogP contribution in [0.1, 0.15) is 72.6 Å². The Morgan fingerprint density at radius 1 is 0.941 bits per heavy atom. The van der Waals surface area contributed by atoms with E-state index in [0.717, 1.165) is 57.4 Å². The van der Waals surface area contributed by atoms with Gasteiger partial charge in [-0.25, -0.2) is 14.6 Å². The van der Waals surface area contributed by atoms with Gasteiger partial charge in [0, 0.05) is 44.5 Å². The maximum atomic E-state index is 13.7. The SMILES string of the molecule is O=C(O)c1ccc(CN2CCC(N3C(=O)N(C4CCCCC4)C[C@H]3c3ccccc3)CC2)cn1. The van der Waals surface area contributed by atoms with E-state index in [1.54, 1.807) is 12.3 Å². The number of urea groups is 1. The van der Waals surface area contributed by atoms with E-state index in [2.05, 4.69) is 43.9 Å². The average Bonchev–Trinajstić information content (AvgIpc) is 3.23. The lowest BCUT2D eigenvalue weighted by Gasteiger charge is -2.39. The minimum atomic E-state index is -1.00. The first-order valence-electron chi connectivity index (χ1n) is 12.6. The maximum absolute atomic E-state index is 13.7. The van der Waals surface area contributed by atoms with E-state index in [4.69, 9.17) is 5.11 Å². The van der Waals surface area contributed by atoms with Crippen LogP contribution in [0.3, 0.4) is 0 Å². The van der Waals surface area contributed by atoms with Crippen molar-refractivity contribution < 1.29 is 14.7 Å². The molecule has 3 heterocycles. The molecule has 1 aromatic carbocycles. The second-order valence-electron chi connectivity index (χ2n) is 9.92. The first kappa shape index (κ1) is 22.8. The summed E-state index contributed by atoms with van der Waals surface area (Å²) in [6.07, 6.45) is 9.57. The number of carbonyl (C=O) groups is 2. The third-order valence-electron chi connectivity index (χ3n) is 7.77. The first-order chi connectivity index (χ1) is 16.6. The molecule has 7 heteroatoms. The highest BCUT2D eigenvalue weighted by atomic mass is 16.4. The van der Waals surface area contributed by atoms with Gasteiger partial charge in [-0.05, 0) is 42.9 Å². The zero-order valence-corrected chi connectivity index (χ0v) is 19.7. The molecular weight excluding hydrogens is 428 g/mol. The Bertz CT molecular complexity index is 983. The average molecular weight is 463 g/mol. The summed E-state index contributed by atoms with van der Waals surface area (Å²) < 4.78 is 0. The number of carboxylic acid groups (broad SMARTS) is 1. The fraction of sp³-hybridized carbons (Fsp3) is 0.519. The van der Waals surface area contributed by atoms with Crippen molar-refractivity contribution >= 4 is 12.0 Å². The smallest absolute Gasteiger partial charge is 0.354 e. The van der Waals surface area contributed by atoms with Crippen molar-refractivity contribution in [2.24, 2.45) is 0 Å². The van der Waals surface area contributed by atoms with E-state index in [1.807, 2.05) is 12.1 Å². The number of benzene rings is 1. The largest absolute Gasteiger partial charge is 0.477 e. The fourth-order valence-electron chi connectivity index (χ4n) is 5.94. The standard InChI is InChI=1S/C27H34N4O3/c32-26(33)24-12-11-20(17-28-24)18-29-15-13-23(14-16-29)31-25(21-7-3-1-4-8-21)19-30(27(31)34)22-9-5-2-6-10-22/h1,3-4,7-8,11-12,17,22-23,25H,2,5-6,9-10,13-16,18-19H2,(H,32,33)/t25-/m0/s1. The number of aromatic carboxylic acids is 1. The third-order valence-corrected chi connectivity index (χ3v) is 7.77. The molecule has 3 fully saturated rings. The number of piperidine rings is 1. The van der Waals surface area contributed by atoms with Crippen LogP contribution in [0, 0.1) is 0 Å². The Morgan fingerprint density at radius 3 is 2.32 bits per heavy atom. The lowest BCUT2D eigenvalue weighted by atomic mass is 9.94. The summed E-state index contributed by atoms with van der Waals surface area (Å²) >= 11 is 0. The van der Waals surface area contributed by atoms with Crippen LogP contribution in [0.2, 0.25) is 0 Å². The highest BCUT2D eigenvalue weighted by Crippen LogP contribution is 2.38. The van der Waals surface area contributed by atoms with E-state index in [0.29, 0.717) is 6.04 Å². The number of hydrogen-bond donors (Lipinski definition) is 1. The molecule has 1 N–H and O–H groups in total. The van der Waals surface area contributed by atoms with Crippen molar-refractivity contribution in [1.29, 1.82) is 0 Å². The van der Waals surface area contributed by atoms with E-state index in [1.165, 1.54) is 24.8 Å². The summed E-state index contributed by atoms with van der Waals surface area (Å²) in [7, 11) is 0. The highest BCUT2D eigenvalue weighted by Gasteiger charge is 2.45. The molecule has 7 nitrogen and oxygen atoms in total. The molecule has 0 bridgehead atoms. The molecular formula is C27H34N4O3. The number of carboxylic acids is 1. The highest BCUT2D eigenvalue weighted by molar-refractivity contribution is 5.85. The molecule has 2 aliphatic heterocycles. The number of nitrogens with zero attached hydrogens (tertiary/aromatic N) is 4. The second-order valence-corrected chi connectivity index (χ2v) is 9.92. The lowest BCUT2D eigenvalue weighted by Crippen LogP contribution is -2.48. The second kappa shape index (κ2) is 10.1. The molecule has 1 atom stereocenters. The Labute approximate surface area is 201 Å². The monoisotopic (exact) mass is 462 g/mol. The van der Waals surface area contributed by atoms with E-state index >= 15 is 0 Å². The minimum Gasteiger partial charge on any atom is -0.477 e. The van der Waals surface area contributed by atoms with Crippen LogP contribution in [0.4, 0.5) is 4.79 Å². The lowest BCUT2D eigenvalue weighted by molar-refractivity contribution is 0.0690. The van der Waals surface area contributed by atoms with Crippen LogP contribution in [-0.2, 0) is 6.54 Å².